The Morgan fingerprint density at radius 3 is 2.72 bits per heavy atom. The highest BCUT2D eigenvalue weighted by Crippen LogP contribution is 2.19. The first kappa shape index (κ1) is 17.7. The van der Waals surface area contributed by atoms with E-state index in [1.165, 1.54) is 5.56 Å². The summed E-state index contributed by atoms with van der Waals surface area (Å²) < 4.78 is 5.91. The summed E-state index contributed by atoms with van der Waals surface area (Å²) in [7, 11) is 0. The third kappa shape index (κ3) is 5.46. The minimum absolute atomic E-state index is 0.121. The second-order valence-corrected chi connectivity index (χ2v) is 7.10. The van der Waals surface area contributed by atoms with Crippen LogP contribution in [0.25, 0.3) is 0 Å². The van der Waals surface area contributed by atoms with Gasteiger partial charge in [-0.2, -0.15) is 4.98 Å². The second-order valence-electron chi connectivity index (χ2n) is 6.12. The molecule has 6 heteroatoms. The summed E-state index contributed by atoms with van der Waals surface area (Å²) in [6.07, 6.45) is 3.52. The van der Waals surface area contributed by atoms with Crippen molar-refractivity contribution >= 4 is 17.7 Å². The Kier molecular flexibility index (Phi) is 6.28. The zero-order chi connectivity index (χ0) is 17.5. The number of ether oxygens (including phenoxy) is 1. The Hall–Kier alpha value is -2.08. The Balaban J connectivity index is 1.38. The number of carbonyl (C=O) groups excluding carboxylic acids is 1. The van der Waals surface area contributed by atoms with Crippen LogP contribution in [0, 0.1) is 6.92 Å². The molecule has 0 spiro atoms. The van der Waals surface area contributed by atoms with Gasteiger partial charge in [-0.3, -0.25) is 4.79 Å². The van der Waals surface area contributed by atoms with Crippen molar-refractivity contribution in [3.63, 3.8) is 0 Å². The summed E-state index contributed by atoms with van der Waals surface area (Å²) in [6, 6.07) is 12.0. The average Bonchev–Trinajstić information content (AvgIpc) is 2.63. The molecule has 2 aromatic rings. The van der Waals surface area contributed by atoms with Gasteiger partial charge in [0, 0.05) is 43.9 Å². The van der Waals surface area contributed by atoms with Crippen molar-refractivity contribution in [2.24, 2.45) is 0 Å². The maximum Gasteiger partial charge on any atom is 0.232 e. The average molecular weight is 357 g/mol. The normalized spacial score (nSPS) is 15.2. The molecule has 1 aromatic heterocycles. The lowest BCUT2D eigenvalue weighted by atomic mass is 10.1. The predicted octanol–water partition coefficient (Wildman–Crippen LogP) is 3.09. The van der Waals surface area contributed by atoms with Crippen molar-refractivity contribution in [3.05, 3.63) is 54.0 Å². The fraction of sp³-hybridized carbons (Fsp3) is 0.421. The fourth-order valence-electron chi connectivity index (χ4n) is 2.82. The summed E-state index contributed by atoms with van der Waals surface area (Å²) in [5.41, 5.74) is 1.26. The molecule has 5 nitrogen and oxygen atoms in total. The van der Waals surface area contributed by atoms with Crippen LogP contribution in [0.1, 0.15) is 24.2 Å². The van der Waals surface area contributed by atoms with E-state index in [0.29, 0.717) is 17.5 Å². The number of aromatic nitrogens is 2. The topological polar surface area (TPSA) is 55.3 Å². The van der Waals surface area contributed by atoms with Crippen LogP contribution < -0.4 is 4.74 Å². The van der Waals surface area contributed by atoms with Crippen molar-refractivity contribution in [2.75, 3.05) is 18.8 Å². The monoisotopic (exact) mass is 357 g/mol. The molecule has 3 rings (SSSR count). The molecule has 1 amide bonds. The maximum absolute atomic E-state index is 12.3. The van der Waals surface area contributed by atoms with Crippen molar-refractivity contribution in [3.8, 4) is 5.88 Å². The van der Waals surface area contributed by atoms with Crippen molar-refractivity contribution < 1.29 is 9.53 Å². The van der Waals surface area contributed by atoms with Crippen molar-refractivity contribution in [1.82, 2.24) is 14.9 Å². The molecule has 1 saturated heterocycles. The van der Waals surface area contributed by atoms with E-state index in [-0.39, 0.29) is 12.0 Å². The fourth-order valence-corrected chi connectivity index (χ4v) is 3.70. The molecular formula is C19H23N3O2S. The van der Waals surface area contributed by atoms with Gasteiger partial charge < -0.3 is 9.64 Å². The molecule has 0 bridgehead atoms. The predicted molar refractivity (Wildman–Crippen MR) is 99.6 cm³/mol. The van der Waals surface area contributed by atoms with Gasteiger partial charge in [-0.05, 0) is 12.5 Å². The third-order valence-electron chi connectivity index (χ3n) is 4.17. The highest BCUT2D eigenvalue weighted by Gasteiger charge is 2.24. The molecule has 1 aliphatic rings. The van der Waals surface area contributed by atoms with Gasteiger partial charge in [-0.15, -0.1) is 11.8 Å². The van der Waals surface area contributed by atoms with E-state index in [1.54, 1.807) is 24.0 Å². The van der Waals surface area contributed by atoms with E-state index in [2.05, 4.69) is 22.1 Å². The molecule has 0 atom stereocenters. The van der Waals surface area contributed by atoms with Crippen LogP contribution in [0.3, 0.4) is 0 Å². The summed E-state index contributed by atoms with van der Waals surface area (Å²) in [4.78, 5) is 22.6. The molecule has 132 valence electrons. The third-order valence-corrected chi connectivity index (χ3v) is 5.16. The lowest BCUT2D eigenvalue weighted by molar-refractivity contribution is -0.130. The highest BCUT2D eigenvalue weighted by molar-refractivity contribution is 7.99. The lowest BCUT2D eigenvalue weighted by Gasteiger charge is -2.32. The van der Waals surface area contributed by atoms with E-state index < -0.39 is 0 Å². The van der Waals surface area contributed by atoms with E-state index in [4.69, 9.17) is 4.74 Å². The molecule has 0 N–H and O–H groups in total. The lowest BCUT2D eigenvalue weighted by Crippen LogP contribution is -2.42. The summed E-state index contributed by atoms with van der Waals surface area (Å²) in [6.45, 7) is 3.35. The number of likely N-dealkylation sites (tertiary alicyclic amines) is 1. The minimum Gasteiger partial charge on any atom is -0.474 e. The van der Waals surface area contributed by atoms with Crippen LogP contribution in [0.2, 0.25) is 0 Å². The van der Waals surface area contributed by atoms with Gasteiger partial charge in [0.25, 0.3) is 0 Å². The van der Waals surface area contributed by atoms with Gasteiger partial charge in [-0.1, -0.05) is 30.3 Å². The van der Waals surface area contributed by atoms with E-state index in [0.717, 1.165) is 31.7 Å². The second kappa shape index (κ2) is 8.85. The van der Waals surface area contributed by atoms with E-state index in [1.807, 2.05) is 30.0 Å². The number of hydrogen-bond donors (Lipinski definition) is 0. The van der Waals surface area contributed by atoms with Crippen LogP contribution in [0.15, 0.2) is 42.6 Å². The molecule has 0 saturated carbocycles. The van der Waals surface area contributed by atoms with E-state index in [9.17, 15) is 4.79 Å². The van der Waals surface area contributed by atoms with Crippen LogP contribution in [0.5, 0.6) is 5.88 Å². The van der Waals surface area contributed by atoms with Crippen LogP contribution in [-0.4, -0.2) is 45.7 Å². The van der Waals surface area contributed by atoms with Crippen LogP contribution in [-0.2, 0) is 10.5 Å². The first-order chi connectivity index (χ1) is 12.2. The number of hydrogen-bond acceptors (Lipinski definition) is 5. The number of piperidine rings is 1. The maximum atomic E-state index is 12.3. The van der Waals surface area contributed by atoms with Gasteiger partial charge in [0.15, 0.2) is 0 Å². The van der Waals surface area contributed by atoms with Gasteiger partial charge in [0.1, 0.15) is 11.9 Å². The Morgan fingerprint density at radius 2 is 2.00 bits per heavy atom. The summed E-state index contributed by atoms with van der Waals surface area (Å²) in [5.74, 6) is 2.96. The summed E-state index contributed by atoms with van der Waals surface area (Å²) >= 11 is 1.67. The number of nitrogens with zero attached hydrogens (tertiary/aromatic N) is 3. The number of amides is 1. The first-order valence-electron chi connectivity index (χ1n) is 8.56. The van der Waals surface area contributed by atoms with Gasteiger partial charge in [0.2, 0.25) is 11.8 Å². The van der Waals surface area contributed by atoms with Crippen molar-refractivity contribution in [2.45, 2.75) is 31.6 Å². The zero-order valence-corrected chi connectivity index (χ0v) is 15.2. The molecule has 2 heterocycles. The standard InChI is InChI=1S/C19H23N3O2S/c1-15-20-10-7-18(21-15)24-17-8-11-22(12-9-17)19(23)14-25-13-16-5-3-2-4-6-16/h2-7,10,17H,8-9,11-14H2,1H3. The number of aryl methyl sites for hydroxylation is 1. The molecule has 0 radical (unpaired) electrons. The molecule has 1 fully saturated rings. The molecule has 0 aliphatic carbocycles. The van der Waals surface area contributed by atoms with Gasteiger partial charge in [0.05, 0.1) is 5.75 Å². The zero-order valence-electron chi connectivity index (χ0n) is 14.4. The van der Waals surface area contributed by atoms with Gasteiger partial charge >= 0.3 is 0 Å². The molecule has 1 aromatic carbocycles. The van der Waals surface area contributed by atoms with E-state index >= 15 is 0 Å². The minimum atomic E-state index is 0.121. The smallest absolute Gasteiger partial charge is 0.232 e. The Morgan fingerprint density at radius 1 is 1.24 bits per heavy atom. The number of benzene rings is 1. The van der Waals surface area contributed by atoms with Crippen LogP contribution in [0.4, 0.5) is 0 Å². The summed E-state index contributed by atoms with van der Waals surface area (Å²) in [5, 5.41) is 0. The van der Waals surface area contributed by atoms with Crippen molar-refractivity contribution in [1.29, 1.82) is 0 Å². The molecule has 1 aliphatic heterocycles. The molecule has 25 heavy (non-hydrogen) atoms. The number of rotatable bonds is 6. The SMILES string of the molecule is Cc1nccc(OC2CCN(C(=O)CSCc3ccccc3)CC2)n1. The Labute approximate surface area is 152 Å². The number of carbonyl (C=O) groups is 1. The quantitative estimate of drug-likeness (QED) is 0.795. The highest BCUT2D eigenvalue weighted by atomic mass is 32.2. The molecular weight excluding hydrogens is 334 g/mol. The largest absolute Gasteiger partial charge is 0.474 e. The number of thioether (sulfide) groups is 1. The Bertz CT molecular complexity index is 688. The first-order valence-corrected chi connectivity index (χ1v) is 9.72. The van der Waals surface area contributed by atoms with Gasteiger partial charge in [-0.25, -0.2) is 4.98 Å². The molecule has 0 unspecified atom stereocenters. The van der Waals surface area contributed by atoms with Crippen LogP contribution >= 0.6 is 11.8 Å².